The van der Waals surface area contributed by atoms with Crippen LogP contribution in [0.15, 0.2) is 42.7 Å². The zero-order valence-electron chi connectivity index (χ0n) is 11.9. The number of aromatic amines is 1. The van der Waals surface area contributed by atoms with Gasteiger partial charge in [-0.1, -0.05) is 30.3 Å². The third kappa shape index (κ3) is 3.26. The highest BCUT2D eigenvalue weighted by Gasteiger charge is 2.23. The molecule has 4 nitrogen and oxygen atoms in total. The average molecular weight is 270 g/mol. The fourth-order valence-electron chi connectivity index (χ4n) is 2.90. The quantitative estimate of drug-likeness (QED) is 0.876. The van der Waals surface area contributed by atoms with Crippen LogP contribution in [0.25, 0.3) is 0 Å². The van der Waals surface area contributed by atoms with Crippen molar-refractivity contribution in [1.82, 2.24) is 20.4 Å². The highest BCUT2D eigenvalue weighted by molar-refractivity contribution is 5.15. The normalized spacial score (nSPS) is 21.1. The van der Waals surface area contributed by atoms with Gasteiger partial charge in [-0.25, -0.2) is 0 Å². The number of nitrogens with zero attached hydrogens (tertiary/aromatic N) is 2. The molecule has 1 fully saturated rings. The van der Waals surface area contributed by atoms with E-state index in [4.69, 9.17) is 0 Å². The highest BCUT2D eigenvalue weighted by Crippen LogP contribution is 2.17. The molecule has 1 saturated heterocycles. The SMILES string of the molecule is CC(NC1CCN(Cc2ccccc2)C1)c1cn[nH]c1. The molecule has 2 atom stereocenters. The molecule has 106 valence electrons. The van der Waals surface area contributed by atoms with Crippen molar-refractivity contribution in [2.45, 2.75) is 32.0 Å². The largest absolute Gasteiger partial charge is 0.306 e. The molecule has 2 heterocycles. The second-order valence-corrected chi connectivity index (χ2v) is 5.63. The molecule has 3 rings (SSSR count). The van der Waals surface area contributed by atoms with Crippen LogP contribution in [-0.2, 0) is 6.54 Å². The number of hydrogen-bond donors (Lipinski definition) is 2. The van der Waals surface area contributed by atoms with Crippen LogP contribution in [0.5, 0.6) is 0 Å². The molecule has 0 bridgehead atoms. The van der Waals surface area contributed by atoms with Crippen molar-refractivity contribution in [3.63, 3.8) is 0 Å². The maximum absolute atomic E-state index is 4.01. The summed E-state index contributed by atoms with van der Waals surface area (Å²) in [4.78, 5) is 2.52. The summed E-state index contributed by atoms with van der Waals surface area (Å²) < 4.78 is 0. The van der Waals surface area contributed by atoms with Crippen molar-refractivity contribution in [2.24, 2.45) is 0 Å². The van der Waals surface area contributed by atoms with Crippen molar-refractivity contribution in [1.29, 1.82) is 0 Å². The fraction of sp³-hybridized carbons (Fsp3) is 0.438. The van der Waals surface area contributed by atoms with Crippen LogP contribution in [0.3, 0.4) is 0 Å². The first-order valence-corrected chi connectivity index (χ1v) is 7.32. The first-order chi connectivity index (χ1) is 9.81. The Balaban J connectivity index is 1.50. The summed E-state index contributed by atoms with van der Waals surface area (Å²) in [6.45, 7) is 5.55. The van der Waals surface area contributed by atoms with E-state index in [0.717, 1.165) is 13.1 Å². The number of nitrogens with one attached hydrogen (secondary N) is 2. The highest BCUT2D eigenvalue weighted by atomic mass is 15.2. The van der Waals surface area contributed by atoms with Crippen LogP contribution in [0, 0.1) is 0 Å². The lowest BCUT2D eigenvalue weighted by molar-refractivity contribution is 0.316. The van der Waals surface area contributed by atoms with E-state index in [9.17, 15) is 0 Å². The standard InChI is InChI=1S/C16H22N4/c1-13(15-9-17-18-10-15)19-16-7-8-20(12-16)11-14-5-3-2-4-6-14/h2-6,9-10,13,16,19H,7-8,11-12H2,1H3,(H,17,18). The van der Waals surface area contributed by atoms with Crippen LogP contribution >= 0.6 is 0 Å². The summed E-state index contributed by atoms with van der Waals surface area (Å²) in [5.41, 5.74) is 2.63. The molecular formula is C16H22N4. The zero-order valence-corrected chi connectivity index (χ0v) is 11.9. The Morgan fingerprint density at radius 1 is 1.40 bits per heavy atom. The maximum Gasteiger partial charge on any atom is 0.0534 e. The molecule has 0 saturated carbocycles. The number of H-pyrrole nitrogens is 1. The Kier molecular flexibility index (Phi) is 4.14. The van der Waals surface area contributed by atoms with Gasteiger partial charge in [0, 0.05) is 43.5 Å². The summed E-state index contributed by atoms with van der Waals surface area (Å²) in [6, 6.07) is 11.6. The van der Waals surface area contributed by atoms with Crippen molar-refractivity contribution in [3.05, 3.63) is 53.9 Å². The van der Waals surface area contributed by atoms with Gasteiger partial charge in [0.05, 0.1) is 6.20 Å². The van der Waals surface area contributed by atoms with E-state index in [1.807, 2.05) is 12.4 Å². The number of benzene rings is 1. The Morgan fingerprint density at radius 2 is 2.25 bits per heavy atom. The molecule has 20 heavy (non-hydrogen) atoms. The van der Waals surface area contributed by atoms with Crippen molar-refractivity contribution in [3.8, 4) is 0 Å². The fourth-order valence-corrected chi connectivity index (χ4v) is 2.90. The molecule has 1 aromatic heterocycles. The van der Waals surface area contributed by atoms with Crippen LogP contribution in [-0.4, -0.2) is 34.2 Å². The third-order valence-corrected chi connectivity index (χ3v) is 4.03. The number of rotatable bonds is 5. The van der Waals surface area contributed by atoms with Crippen LogP contribution in [0.4, 0.5) is 0 Å². The maximum atomic E-state index is 4.01. The van der Waals surface area contributed by atoms with Gasteiger partial charge in [-0.2, -0.15) is 5.10 Å². The van der Waals surface area contributed by atoms with E-state index in [1.54, 1.807) is 0 Å². The molecule has 2 N–H and O–H groups in total. The smallest absolute Gasteiger partial charge is 0.0534 e. The number of likely N-dealkylation sites (tertiary alicyclic amines) is 1. The first kappa shape index (κ1) is 13.3. The Bertz CT molecular complexity index is 509. The monoisotopic (exact) mass is 270 g/mol. The molecule has 1 aliphatic rings. The molecule has 1 aromatic carbocycles. The minimum absolute atomic E-state index is 0.357. The minimum Gasteiger partial charge on any atom is -0.306 e. The predicted octanol–water partition coefficient (Wildman–Crippen LogP) is 2.33. The Morgan fingerprint density at radius 3 is 3.00 bits per heavy atom. The topological polar surface area (TPSA) is 44.0 Å². The molecule has 1 aliphatic heterocycles. The third-order valence-electron chi connectivity index (χ3n) is 4.03. The van der Waals surface area contributed by atoms with Crippen molar-refractivity contribution >= 4 is 0 Å². The second kappa shape index (κ2) is 6.20. The van der Waals surface area contributed by atoms with Gasteiger partial charge in [0.2, 0.25) is 0 Å². The predicted molar refractivity (Wildman–Crippen MR) is 80.3 cm³/mol. The summed E-state index contributed by atoms with van der Waals surface area (Å²) in [5.74, 6) is 0. The summed E-state index contributed by atoms with van der Waals surface area (Å²) >= 11 is 0. The summed E-state index contributed by atoms with van der Waals surface area (Å²) in [7, 11) is 0. The van der Waals surface area contributed by atoms with E-state index >= 15 is 0 Å². The second-order valence-electron chi connectivity index (χ2n) is 5.63. The molecule has 0 radical (unpaired) electrons. The summed E-state index contributed by atoms with van der Waals surface area (Å²) in [6.07, 6.45) is 5.08. The zero-order chi connectivity index (χ0) is 13.8. The van der Waals surface area contributed by atoms with E-state index in [2.05, 4.69) is 57.7 Å². The lowest BCUT2D eigenvalue weighted by atomic mass is 10.1. The molecule has 0 amide bonds. The van der Waals surface area contributed by atoms with Gasteiger partial charge in [-0.3, -0.25) is 10.00 Å². The van der Waals surface area contributed by atoms with E-state index < -0.39 is 0 Å². The minimum atomic E-state index is 0.357. The average Bonchev–Trinajstić information content (AvgIpc) is 3.11. The van der Waals surface area contributed by atoms with E-state index in [0.29, 0.717) is 12.1 Å². The van der Waals surface area contributed by atoms with Gasteiger partial charge in [0.1, 0.15) is 0 Å². The van der Waals surface area contributed by atoms with E-state index in [1.165, 1.54) is 24.1 Å². The van der Waals surface area contributed by atoms with Gasteiger partial charge in [-0.15, -0.1) is 0 Å². The van der Waals surface area contributed by atoms with Crippen LogP contribution in [0.2, 0.25) is 0 Å². The first-order valence-electron chi connectivity index (χ1n) is 7.32. The summed E-state index contributed by atoms with van der Waals surface area (Å²) in [5, 5.41) is 10.6. The lowest BCUT2D eigenvalue weighted by Crippen LogP contribution is -2.34. The van der Waals surface area contributed by atoms with Gasteiger partial charge >= 0.3 is 0 Å². The molecular weight excluding hydrogens is 248 g/mol. The van der Waals surface area contributed by atoms with Crippen LogP contribution < -0.4 is 5.32 Å². The van der Waals surface area contributed by atoms with Gasteiger partial charge in [0.25, 0.3) is 0 Å². The van der Waals surface area contributed by atoms with Crippen molar-refractivity contribution < 1.29 is 0 Å². The molecule has 2 aromatic rings. The molecule has 4 heteroatoms. The molecule has 0 spiro atoms. The van der Waals surface area contributed by atoms with Gasteiger partial charge < -0.3 is 5.32 Å². The Hall–Kier alpha value is -1.65. The number of aromatic nitrogens is 2. The molecule has 2 unspecified atom stereocenters. The van der Waals surface area contributed by atoms with Gasteiger partial charge in [0.15, 0.2) is 0 Å². The number of hydrogen-bond acceptors (Lipinski definition) is 3. The van der Waals surface area contributed by atoms with Gasteiger partial charge in [-0.05, 0) is 18.9 Å². The molecule has 0 aliphatic carbocycles. The lowest BCUT2D eigenvalue weighted by Gasteiger charge is -2.20. The Labute approximate surface area is 120 Å². The van der Waals surface area contributed by atoms with E-state index in [-0.39, 0.29) is 0 Å². The van der Waals surface area contributed by atoms with Crippen molar-refractivity contribution in [2.75, 3.05) is 13.1 Å². The van der Waals surface area contributed by atoms with Crippen LogP contribution in [0.1, 0.15) is 30.5 Å².